The second kappa shape index (κ2) is 6.99. The first-order valence-electron chi connectivity index (χ1n) is 7.70. The van der Waals surface area contributed by atoms with E-state index in [1.807, 2.05) is 0 Å². The van der Waals surface area contributed by atoms with Gasteiger partial charge in [0.2, 0.25) is 0 Å². The Bertz CT molecular complexity index is 938. The number of nitrogens with one attached hydrogen (secondary N) is 1. The maximum Gasteiger partial charge on any atom is 0.418 e. The van der Waals surface area contributed by atoms with Gasteiger partial charge in [0.05, 0.1) is 28.8 Å². The van der Waals surface area contributed by atoms with Crippen molar-refractivity contribution in [2.24, 2.45) is 0 Å². The molecule has 134 valence electrons. The summed E-state index contributed by atoms with van der Waals surface area (Å²) >= 11 is 3.33. The molecule has 0 spiro atoms. The minimum absolute atomic E-state index is 0.0331. The second-order valence-electron chi connectivity index (χ2n) is 5.80. The van der Waals surface area contributed by atoms with Crippen LogP contribution in [0.2, 0.25) is 0 Å². The molecule has 3 nitrogen and oxygen atoms in total. The van der Waals surface area contributed by atoms with E-state index in [9.17, 15) is 13.2 Å². The Morgan fingerprint density at radius 3 is 2.27 bits per heavy atom. The quantitative estimate of drug-likeness (QED) is 0.497. The molecule has 26 heavy (non-hydrogen) atoms. The van der Waals surface area contributed by atoms with E-state index in [1.165, 1.54) is 12.3 Å². The van der Waals surface area contributed by atoms with Gasteiger partial charge in [0.25, 0.3) is 0 Å². The number of nitrogens with zero attached hydrogens (tertiary/aromatic N) is 1. The predicted molar refractivity (Wildman–Crippen MR) is 101 cm³/mol. The number of benzene rings is 2. The SMILES string of the molecule is Cc1ncc(Nc2ccc(-c3ccc(N)cc3)cc2C(F)(F)F)cc1Br. The number of aromatic nitrogens is 1. The highest BCUT2D eigenvalue weighted by atomic mass is 79.9. The summed E-state index contributed by atoms with van der Waals surface area (Å²) in [5.41, 5.74) is 7.76. The largest absolute Gasteiger partial charge is 0.418 e. The van der Waals surface area contributed by atoms with E-state index in [2.05, 4.69) is 26.2 Å². The van der Waals surface area contributed by atoms with Crippen LogP contribution in [-0.4, -0.2) is 4.98 Å². The standard InChI is InChI=1S/C19H15BrF3N3/c1-11-17(20)9-15(10-25-11)26-18-7-4-13(8-16(18)19(21,22)23)12-2-5-14(24)6-3-12/h2-10,26H,24H2,1H3. The van der Waals surface area contributed by atoms with Gasteiger partial charge in [-0.3, -0.25) is 4.98 Å². The normalized spacial score (nSPS) is 11.4. The summed E-state index contributed by atoms with van der Waals surface area (Å²) < 4.78 is 41.4. The maximum absolute atomic E-state index is 13.6. The number of nitrogen functional groups attached to an aromatic ring is 1. The minimum Gasteiger partial charge on any atom is -0.399 e. The van der Waals surface area contributed by atoms with Crippen molar-refractivity contribution in [1.82, 2.24) is 4.98 Å². The third kappa shape index (κ3) is 3.99. The van der Waals surface area contributed by atoms with Crippen LogP contribution in [0.5, 0.6) is 0 Å². The summed E-state index contributed by atoms with van der Waals surface area (Å²) in [5, 5.41) is 2.80. The Morgan fingerprint density at radius 2 is 1.65 bits per heavy atom. The van der Waals surface area contributed by atoms with E-state index in [0.29, 0.717) is 22.5 Å². The summed E-state index contributed by atoms with van der Waals surface area (Å²) in [7, 11) is 0. The van der Waals surface area contributed by atoms with Gasteiger partial charge >= 0.3 is 6.18 Å². The second-order valence-corrected chi connectivity index (χ2v) is 6.65. The summed E-state index contributed by atoms with van der Waals surface area (Å²) in [6.45, 7) is 1.80. The summed E-state index contributed by atoms with van der Waals surface area (Å²) in [4.78, 5) is 4.14. The lowest BCUT2D eigenvalue weighted by Gasteiger charge is -2.16. The lowest BCUT2D eigenvalue weighted by Crippen LogP contribution is -2.09. The first-order chi connectivity index (χ1) is 12.2. The number of alkyl halides is 3. The van der Waals surface area contributed by atoms with Crippen molar-refractivity contribution in [3.05, 3.63) is 70.5 Å². The molecule has 2 aromatic carbocycles. The molecule has 1 aromatic heterocycles. The van der Waals surface area contributed by atoms with Crippen LogP contribution < -0.4 is 11.1 Å². The van der Waals surface area contributed by atoms with Gasteiger partial charge < -0.3 is 11.1 Å². The summed E-state index contributed by atoms with van der Waals surface area (Å²) in [6.07, 6.45) is -3.00. The Kier molecular flexibility index (Phi) is 4.91. The van der Waals surface area contributed by atoms with Gasteiger partial charge in [-0.15, -0.1) is 0 Å². The van der Waals surface area contributed by atoms with E-state index in [4.69, 9.17) is 5.73 Å². The molecule has 0 unspecified atom stereocenters. The third-order valence-corrected chi connectivity index (χ3v) is 4.68. The van der Waals surface area contributed by atoms with Crippen LogP contribution in [0.25, 0.3) is 11.1 Å². The third-order valence-electron chi connectivity index (χ3n) is 3.87. The lowest BCUT2D eigenvalue weighted by atomic mass is 10.0. The highest BCUT2D eigenvalue weighted by Crippen LogP contribution is 2.39. The summed E-state index contributed by atoms with van der Waals surface area (Å²) in [6, 6.07) is 12.6. The van der Waals surface area contributed by atoms with E-state index in [0.717, 1.165) is 16.2 Å². The fourth-order valence-electron chi connectivity index (χ4n) is 2.47. The van der Waals surface area contributed by atoms with E-state index >= 15 is 0 Å². The van der Waals surface area contributed by atoms with Crippen molar-refractivity contribution in [1.29, 1.82) is 0 Å². The highest BCUT2D eigenvalue weighted by Gasteiger charge is 2.34. The van der Waals surface area contributed by atoms with Crippen LogP contribution in [0, 0.1) is 6.92 Å². The number of aryl methyl sites for hydroxylation is 1. The first-order valence-corrected chi connectivity index (χ1v) is 8.49. The Labute approximate surface area is 157 Å². The van der Waals surface area contributed by atoms with Crippen LogP contribution >= 0.6 is 15.9 Å². The van der Waals surface area contributed by atoms with Crippen molar-refractivity contribution in [3.8, 4) is 11.1 Å². The van der Waals surface area contributed by atoms with Crippen molar-refractivity contribution in [2.75, 3.05) is 11.1 Å². The molecular formula is C19H15BrF3N3. The smallest absolute Gasteiger partial charge is 0.399 e. The molecule has 0 atom stereocenters. The molecular weight excluding hydrogens is 407 g/mol. The van der Waals surface area contributed by atoms with Gasteiger partial charge in [-0.25, -0.2) is 0 Å². The molecule has 1 heterocycles. The molecule has 0 aliphatic carbocycles. The Morgan fingerprint density at radius 1 is 1.00 bits per heavy atom. The van der Waals surface area contributed by atoms with Crippen molar-refractivity contribution in [3.63, 3.8) is 0 Å². The number of anilines is 3. The zero-order chi connectivity index (χ0) is 18.9. The minimum atomic E-state index is -4.50. The molecule has 0 amide bonds. The molecule has 3 N–H and O–H groups in total. The van der Waals surface area contributed by atoms with Crippen molar-refractivity contribution < 1.29 is 13.2 Å². The molecule has 0 saturated carbocycles. The molecule has 7 heteroatoms. The van der Waals surface area contributed by atoms with Gasteiger partial charge in [0.15, 0.2) is 0 Å². The maximum atomic E-state index is 13.6. The molecule has 0 radical (unpaired) electrons. The Hall–Kier alpha value is -2.54. The van der Waals surface area contributed by atoms with Gasteiger partial charge in [0.1, 0.15) is 0 Å². The molecule has 3 rings (SSSR count). The average Bonchev–Trinajstić information content (AvgIpc) is 2.58. The van der Waals surface area contributed by atoms with Crippen LogP contribution in [0.15, 0.2) is 59.2 Å². The van der Waals surface area contributed by atoms with Gasteiger partial charge in [-0.1, -0.05) is 18.2 Å². The monoisotopic (exact) mass is 421 g/mol. The van der Waals surface area contributed by atoms with Gasteiger partial charge in [0, 0.05) is 10.2 Å². The van der Waals surface area contributed by atoms with Gasteiger partial charge in [-0.05, 0) is 64.3 Å². The fraction of sp³-hybridized carbons (Fsp3) is 0.105. The Balaban J connectivity index is 2.02. The van der Waals surface area contributed by atoms with E-state index in [-0.39, 0.29) is 5.69 Å². The fourth-order valence-corrected chi connectivity index (χ4v) is 2.82. The number of hydrogen-bond acceptors (Lipinski definition) is 3. The van der Waals surface area contributed by atoms with Crippen molar-refractivity contribution >= 4 is 33.0 Å². The number of nitrogens with two attached hydrogens (primary N) is 1. The van der Waals surface area contributed by atoms with Crippen LogP contribution in [0.4, 0.5) is 30.2 Å². The number of pyridine rings is 1. The molecule has 0 aliphatic heterocycles. The number of halogens is 4. The topological polar surface area (TPSA) is 50.9 Å². The van der Waals surface area contributed by atoms with Crippen LogP contribution in [-0.2, 0) is 6.18 Å². The molecule has 0 fully saturated rings. The zero-order valence-electron chi connectivity index (χ0n) is 13.7. The number of rotatable bonds is 3. The first kappa shape index (κ1) is 18.3. The van der Waals surface area contributed by atoms with Crippen LogP contribution in [0.1, 0.15) is 11.3 Å². The average molecular weight is 422 g/mol. The molecule has 0 bridgehead atoms. The van der Waals surface area contributed by atoms with E-state index < -0.39 is 11.7 Å². The summed E-state index contributed by atoms with van der Waals surface area (Å²) in [5.74, 6) is 0. The lowest BCUT2D eigenvalue weighted by molar-refractivity contribution is -0.136. The predicted octanol–water partition coefficient (Wildman–Crippen LogP) is 6.16. The number of hydrogen-bond donors (Lipinski definition) is 2. The molecule has 0 saturated heterocycles. The molecule has 0 aliphatic rings. The van der Waals surface area contributed by atoms with Crippen LogP contribution in [0.3, 0.4) is 0 Å². The van der Waals surface area contributed by atoms with E-state index in [1.54, 1.807) is 43.3 Å². The highest BCUT2D eigenvalue weighted by molar-refractivity contribution is 9.10. The molecule has 3 aromatic rings. The van der Waals surface area contributed by atoms with Gasteiger partial charge in [-0.2, -0.15) is 13.2 Å². The van der Waals surface area contributed by atoms with Crippen molar-refractivity contribution in [2.45, 2.75) is 13.1 Å². The zero-order valence-corrected chi connectivity index (χ0v) is 15.3.